The van der Waals surface area contributed by atoms with Crippen LogP contribution in [0.1, 0.15) is 62.6 Å². The van der Waals surface area contributed by atoms with Crippen LogP contribution in [0.25, 0.3) is 10.8 Å². The fourth-order valence-corrected chi connectivity index (χ4v) is 9.08. The lowest BCUT2D eigenvalue weighted by molar-refractivity contribution is -0.142. The SMILES string of the molecule is O=C(O)CC[C@H](NC(=O)N[C@@H](CCCCN(Cc1nccc2ccccc12)C(=O)CCCCNC(=S)Nc1ccc(CC2CN(CC(=O)O)CCN(CC(=O)O)CCN(CC(=O)O)CCN2CC(=O)O)cc1)C(=O)O)C(=O)O. The van der Waals surface area contributed by atoms with Crippen molar-refractivity contribution < 1.29 is 78.9 Å². The van der Waals surface area contributed by atoms with Crippen molar-refractivity contribution in [3.8, 4) is 0 Å². The normalized spacial score (nSPS) is 15.8. The van der Waals surface area contributed by atoms with Gasteiger partial charge in [-0.1, -0.05) is 36.4 Å². The van der Waals surface area contributed by atoms with Crippen LogP contribution in [0.15, 0.2) is 60.8 Å². The van der Waals surface area contributed by atoms with E-state index in [0.717, 1.165) is 16.3 Å². The minimum atomic E-state index is -1.55. The predicted octanol–water partition coefficient (Wildman–Crippen LogP) is 1.43. The lowest BCUT2D eigenvalue weighted by atomic mass is 10.0. The van der Waals surface area contributed by atoms with E-state index in [4.69, 9.17) is 17.3 Å². The second-order valence-electron chi connectivity index (χ2n) is 18.8. The summed E-state index contributed by atoms with van der Waals surface area (Å²) >= 11 is 5.56. The van der Waals surface area contributed by atoms with Gasteiger partial charge in [-0.15, -0.1) is 0 Å². The molecule has 3 aromatic rings. The summed E-state index contributed by atoms with van der Waals surface area (Å²) in [4.78, 5) is 121. The lowest BCUT2D eigenvalue weighted by Gasteiger charge is -2.37. The summed E-state index contributed by atoms with van der Waals surface area (Å²) < 4.78 is 0. The summed E-state index contributed by atoms with van der Waals surface area (Å²) in [7, 11) is 0. The molecule has 1 fully saturated rings. The molecule has 2 aromatic carbocycles. The molecule has 1 aliphatic heterocycles. The summed E-state index contributed by atoms with van der Waals surface area (Å²) in [5, 5.41) is 79.6. The molecular weight excluding hydrogens is 1040 g/mol. The summed E-state index contributed by atoms with van der Waals surface area (Å²) in [6.45, 7) is 0.531. The van der Waals surface area contributed by atoms with Crippen LogP contribution in [0.4, 0.5) is 10.5 Å². The van der Waals surface area contributed by atoms with Crippen molar-refractivity contribution >= 4 is 87.5 Å². The highest BCUT2D eigenvalue weighted by molar-refractivity contribution is 7.80. The Labute approximate surface area is 455 Å². The molecule has 26 nitrogen and oxygen atoms in total. The number of hydrogen-bond acceptors (Lipinski definition) is 15. The second-order valence-corrected chi connectivity index (χ2v) is 19.3. The van der Waals surface area contributed by atoms with E-state index in [0.29, 0.717) is 48.7 Å². The van der Waals surface area contributed by atoms with E-state index in [9.17, 15) is 73.8 Å². The molecule has 1 unspecified atom stereocenters. The summed E-state index contributed by atoms with van der Waals surface area (Å²) in [5.74, 6) is -8.68. The Morgan fingerprint density at radius 2 is 1.21 bits per heavy atom. The Kier molecular flexibility index (Phi) is 26.5. The number of nitrogens with one attached hydrogen (secondary N) is 4. The van der Waals surface area contributed by atoms with Gasteiger partial charge in [-0.2, -0.15) is 0 Å². The molecule has 2 heterocycles. The van der Waals surface area contributed by atoms with Crippen molar-refractivity contribution in [2.45, 2.75) is 82.5 Å². The Hall–Kier alpha value is -7.59. The van der Waals surface area contributed by atoms with Crippen LogP contribution in [-0.4, -0.2) is 227 Å². The van der Waals surface area contributed by atoms with Gasteiger partial charge in [0.2, 0.25) is 5.91 Å². The van der Waals surface area contributed by atoms with Crippen LogP contribution in [-0.2, 0) is 51.3 Å². The average Bonchev–Trinajstić information content (AvgIpc) is 3.36. The van der Waals surface area contributed by atoms with Gasteiger partial charge < -0.3 is 61.9 Å². The number of carboxylic acids is 7. The van der Waals surface area contributed by atoms with Crippen molar-refractivity contribution in [3.05, 3.63) is 72.1 Å². The number of fused-ring (bicyclic) bond motifs is 1. The molecule has 27 heteroatoms. The Bertz CT molecular complexity index is 2540. The van der Waals surface area contributed by atoms with E-state index >= 15 is 0 Å². The fraction of sp³-hybridized carbons (Fsp3) is 0.510. The first-order valence-electron chi connectivity index (χ1n) is 25.4. The van der Waals surface area contributed by atoms with Crippen molar-refractivity contribution in [2.24, 2.45) is 0 Å². The Balaban J connectivity index is 1.34. The van der Waals surface area contributed by atoms with Crippen molar-refractivity contribution in [2.75, 3.05) is 90.4 Å². The molecule has 4 rings (SSSR count). The summed E-state index contributed by atoms with van der Waals surface area (Å²) in [6, 6.07) is 12.1. The van der Waals surface area contributed by atoms with Crippen LogP contribution < -0.4 is 21.3 Å². The quantitative estimate of drug-likeness (QED) is 0.0332. The molecule has 11 N–H and O–H groups in total. The van der Waals surface area contributed by atoms with E-state index in [1.54, 1.807) is 42.8 Å². The first-order valence-corrected chi connectivity index (χ1v) is 25.8. The van der Waals surface area contributed by atoms with Gasteiger partial charge in [0.05, 0.1) is 38.4 Å². The molecule has 426 valence electrons. The van der Waals surface area contributed by atoms with Crippen LogP contribution >= 0.6 is 12.2 Å². The number of benzene rings is 2. The lowest BCUT2D eigenvalue weighted by Crippen LogP contribution is -2.53. The van der Waals surface area contributed by atoms with Gasteiger partial charge in [0, 0.05) is 95.1 Å². The zero-order valence-electron chi connectivity index (χ0n) is 43.2. The molecule has 3 amide bonds. The molecule has 78 heavy (non-hydrogen) atoms. The van der Waals surface area contributed by atoms with Crippen molar-refractivity contribution in [1.29, 1.82) is 0 Å². The maximum Gasteiger partial charge on any atom is 0.326 e. The zero-order chi connectivity index (χ0) is 57.1. The molecule has 3 atom stereocenters. The maximum absolute atomic E-state index is 13.8. The van der Waals surface area contributed by atoms with Gasteiger partial charge in [0.25, 0.3) is 0 Å². The number of unbranched alkanes of at least 4 members (excludes halogenated alkanes) is 2. The number of carbonyl (C=O) groups is 9. The van der Waals surface area contributed by atoms with E-state index in [2.05, 4.69) is 26.3 Å². The highest BCUT2D eigenvalue weighted by atomic mass is 32.1. The number of carbonyl (C=O) groups excluding carboxylic acids is 2. The van der Waals surface area contributed by atoms with Gasteiger partial charge in [-0.25, -0.2) is 14.4 Å². The Morgan fingerprint density at radius 3 is 1.81 bits per heavy atom. The first-order chi connectivity index (χ1) is 37.1. The fourth-order valence-electron chi connectivity index (χ4n) is 8.86. The van der Waals surface area contributed by atoms with Crippen LogP contribution in [0.2, 0.25) is 0 Å². The van der Waals surface area contributed by atoms with Crippen LogP contribution in [0, 0.1) is 0 Å². The summed E-state index contributed by atoms with van der Waals surface area (Å²) in [6.07, 6.45) is 2.78. The van der Waals surface area contributed by atoms with Gasteiger partial charge in [-0.05, 0) is 86.3 Å². The predicted molar refractivity (Wildman–Crippen MR) is 286 cm³/mol. The second kappa shape index (κ2) is 32.9. The van der Waals surface area contributed by atoms with Crippen LogP contribution in [0.5, 0.6) is 0 Å². The van der Waals surface area contributed by atoms with Crippen molar-refractivity contribution in [1.82, 2.24) is 45.4 Å². The average molecular weight is 1110 g/mol. The van der Waals surface area contributed by atoms with E-state index < -0.39 is 85.3 Å². The van der Waals surface area contributed by atoms with Gasteiger partial charge >= 0.3 is 47.8 Å². The third-order valence-electron chi connectivity index (χ3n) is 12.8. The third kappa shape index (κ3) is 23.7. The molecule has 0 aliphatic carbocycles. The van der Waals surface area contributed by atoms with Crippen LogP contribution in [0.3, 0.4) is 0 Å². The summed E-state index contributed by atoms with van der Waals surface area (Å²) in [5.41, 5.74) is 2.09. The molecule has 1 aliphatic rings. The number of hydrogen-bond donors (Lipinski definition) is 11. The molecular formula is C51H70N10O16S. The molecule has 0 radical (unpaired) electrons. The van der Waals surface area contributed by atoms with E-state index in [-0.39, 0.29) is 104 Å². The number of rotatable bonds is 30. The van der Waals surface area contributed by atoms with Crippen molar-refractivity contribution in [3.63, 3.8) is 0 Å². The number of urea groups is 1. The highest BCUT2D eigenvalue weighted by Crippen LogP contribution is 2.20. The first kappa shape index (κ1) is 62.9. The monoisotopic (exact) mass is 1110 g/mol. The van der Waals surface area contributed by atoms with Gasteiger partial charge in [-0.3, -0.25) is 53.4 Å². The molecule has 1 aromatic heterocycles. The number of anilines is 1. The number of aliphatic carboxylic acids is 7. The molecule has 1 saturated heterocycles. The molecule has 0 saturated carbocycles. The number of amides is 3. The number of pyridine rings is 1. The zero-order valence-corrected chi connectivity index (χ0v) is 44.0. The topological polar surface area (TPSA) is 372 Å². The van der Waals surface area contributed by atoms with Gasteiger partial charge in [0.1, 0.15) is 12.1 Å². The van der Waals surface area contributed by atoms with E-state index in [1.807, 2.05) is 42.5 Å². The molecule has 0 bridgehead atoms. The number of carboxylic acid groups (broad SMARTS) is 7. The third-order valence-corrected chi connectivity index (χ3v) is 13.1. The minimum absolute atomic E-state index is 0.0479. The number of nitrogens with zero attached hydrogens (tertiary/aromatic N) is 6. The standard InChI is InChI=1S/C51H70N10O16S/c62-42(61(29-41-38-8-2-1-7-35(38)17-19-52-41)20-6-4-9-39(48(73)74)55-50(77)56-40(49(75)76)15-16-43(63)64)10-3-5-18-53-51(78)54-36-13-11-34(12-14-36)27-37-28-59(32-46(69)70)24-23-57(30-44(65)66)21-22-58(31-45(67)68)25-26-60(37)33-47(71)72/h1-2,7-8,11-14,17,19,37,39-40H,3-6,9-10,15-16,18,20-33H2,(H,63,64)(H,65,66)(H,67,68)(H,69,70)(H,71,72)(H,73,74)(H,75,76)(H2,53,54,78)(H2,55,56,77)/t37?,39-,40-/m0/s1. The van der Waals surface area contributed by atoms with E-state index in [1.165, 1.54) is 0 Å². The number of thiocarbonyl (C=S) groups is 1. The number of aromatic nitrogens is 1. The van der Waals surface area contributed by atoms with Gasteiger partial charge in [0.15, 0.2) is 5.11 Å². The molecule has 0 spiro atoms. The Morgan fingerprint density at radius 1 is 0.628 bits per heavy atom. The minimum Gasteiger partial charge on any atom is -0.481 e. The largest absolute Gasteiger partial charge is 0.481 e. The highest BCUT2D eigenvalue weighted by Gasteiger charge is 2.29. The smallest absolute Gasteiger partial charge is 0.326 e. The maximum atomic E-state index is 13.8.